The van der Waals surface area contributed by atoms with E-state index < -0.39 is 14.2 Å². The molecule has 0 bridgehead atoms. The molecule has 0 unspecified atom stereocenters. The summed E-state index contributed by atoms with van der Waals surface area (Å²) in [5, 5.41) is 51.3. The highest BCUT2D eigenvalue weighted by atomic mass is 16.4. The number of hydrogen-bond acceptors (Lipinski definition) is 6. The summed E-state index contributed by atoms with van der Waals surface area (Å²) in [6.07, 6.45) is 0. The van der Waals surface area contributed by atoms with E-state index in [0.717, 1.165) is 32.7 Å². The average Bonchev–Trinajstić information content (AvgIpc) is 3.31. The number of nitrogens with zero attached hydrogens (tertiary/aromatic N) is 2. The number of rotatable bonds is 14. The van der Waals surface area contributed by atoms with Crippen LogP contribution in [0.2, 0.25) is 0 Å². The third kappa shape index (κ3) is 8.42. The predicted octanol–water partition coefficient (Wildman–Crippen LogP) is 9.19. The van der Waals surface area contributed by atoms with E-state index in [0.29, 0.717) is 37.1 Å². The van der Waals surface area contributed by atoms with E-state index in [-0.39, 0.29) is 12.1 Å². The van der Waals surface area contributed by atoms with Gasteiger partial charge in [0.25, 0.3) is 0 Å². The smallest absolute Gasteiger partial charge is 0.423 e. The fraction of sp³-hybridized carbons (Fsp3) is 0.148. The van der Waals surface area contributed by atoms with Crippen molar-refractivity contribution in [1.29, 1.82) is 0 Å². The van der Waals surface area contributed by atoms with Gasteiger partial charge in [0.2, 0.25) is 0 Å². The first-order chi connectivity index (χ1) is 30.2. The lowest BCUT2D eigenvalue weighted by molar-refractivity contribution is 0.193. The van der Waals surface area contributed by atoms with Gasteiger partial charge in [0.05, 0.1) is 0 Å². The zero-order chi connectivity index (χ0) is 42.7. The molecule has 0 heterocycles. The molecular weight excluding hydrogens is 762 g/mol. The molecule has 0 aromatic heterocycles. The lowest BCUT2D eigenvalue weighted by atomic mass is 9.77. The van der Waals surface area contributed by atoms with Crippen LogP contribution < -0.4 is 10.9 Å². The molecule has 8 heteroatoms. The topological polar surface area (TPSA) is 87.4 Å². The second-order valence-corrected chi connectivity index (χ2v) is 16.6. The summed E-state index contributed by atoms with van der Waals surface area (Å²) < 4.78 is 0. The Morgan fingerprint density at radius 2 is 0.694 bits per heavy atom. The molecule has 0 fully saturated rings. The van der Waals surface area contributed by atoms with Crippen molar-refractivity contribution >= 4 is 68.3 Å². The summed E-state index contributed by atoms with van der Waals surface area (Å²) in [7, 11) is -3.17. The van der Waals surface area contributed by atoms with Crippen molar-refractivity contribution in [2.24, 2.45) is 0 Å². The van der Waals surface area contributed by atoms with Crippen molar-refractivity contribution in [3.63, 3.8) is 0 Å². The molecule has 9 aromatic rings. The first kappa shape index (κ1) is 41.3. The van der Waals surface area contributed by atoms with Gasteiger partial charge in [-0.15, -0.1) is 0 Å². The van der Waals surface area contributed by atoms with Gasteiger partial charge in [-0.1, -0.05) is 170 Å². The van der Waals surface area contributed by atoms with Crippen LogP contribution >= 0.6 is 0 Å². The molecule has 4 N–H and O–H groups in total. The average molecular weight is 813 g/mol. The normalized spacial score (nSPS) is 12.8. The number of fused-ring (bicyclic) bond motifs is 4. The molecule has 0 saturated heterocycles. The molecule has 0 aliphatic heterocycles. The Kier molecular flexibility index (Phi) is 12.0. The van der Waals surface area contributed by atoms with Crippen molar-refractivity contribution in [3.8, 4) is 0 Å². The standard InChI is InChI=1S/C54H50B2N2O4/c1-37(41-29-27-39-15-3-5-17-43(39)31-41)57(33-45-19-7-13-25-53(45)55(59)60)35-51-47-21-9-11-23-49(47)52(50-24-12-10-22-48(50)51)36-58(34-46-20-8-14-26-54(46)56(61)62)38(2)42-30-28-40-16-4-6-18-44(40)32-42/h3-32,37-38,59-62H,33-36H2,1-2H3/t37-,38-/m0/s1. The molecule has 0 aliphatic carbocycles. The lowest BCUT2D eigenvalue weighted by Gasteiger charge is -2.33. The van der Waals surface area contributed by atoms with Gasteiger partial charge in [-0.3, -0.25) is 9.80 Å². The highest BCUT2D eigenvalue weighted by Gasteiger charge is 2.27. The maximum absolute atomic E-state index is 10.5. The van der Waals surface area contributed by atoms with Crippen molar-refractivity contribution in [3.05, 3.63) is 215 Å². The second kappa shape index (κ2) is 18.1. The van der Waals surface area contributed by atoms with E-state index in [1.165, 1.54) is 43.8 Å². The van der Waals surface area contributed by atoms with Gasteiger partial charge < -0.3 is 20.1 Å². The van der Waals surface area contributed by atoms with E-state index in [1.807, 2.05) is 36.4 Å². The minimum Gasteiger partial charge on any atom is -0.423 e. The Balaban J connectivity index is 1.17. The Bertz CT molecular complexity index is 2770. The third-order valence-electron chi connectivity index (χ3n) is 12.9. The quantitative estimate of drug-likeness (QED) is 0.0648. The summed E-state index contributed by atoms with van der Waals surface area (Å²) >= 11 is 0. The first-order valence-electron chi connectivity index (χ1n) is 21.5. The van der Waals surface area contributed by atoms with E-state index >= 15 is 0 Å². The van der Waals surface area contributed by atoms with Crippen LogP contribution in [0, 0.1) is 0 Å². The van der Waals surface area contributed by atoms with Crippen LogP contribution in [-0.2, 0) is 26.2 Å². The maximum atomic E-state index is 10.5. The zero-order valence-corrected chi connectivity index (χ0v) is 35.1. The molecule has 0 radical (unpaired) electrons. The van der Waals surface area contributed by atoms with Gasteiger partial charge in [-0.05, 0) is 113 Å². The van der Waals surface area contributed by atoms with E-state index in [1.54, 1.807) is 12.1 Å². The summed E-state index contributed by atoms with van der Waals surface area (Å²) in [6, 6.07) is 62.8. The summed E-state index contributed by atoms with van der Waals surface area (Å²) in [5.41, 5.74) is 7.52. The highest BCUT2D eigenvalue weighted by molar-refractivity contribution is 6.59. The molecule has 62 heavy (non-hydrogen) atoms. The second-order valence-electron chi connectivity index (χ2n) is 16.6. The largest absolute Gasteiger partial charge is 0.488 e. The van der Waals surface area contributed by atoms with Crippen molar-refractivity contribution in [2.45, 2.75) is 52.1 Å². The molecule has 0 aliphatic rings. The van der Waals surface area contributed by atoms with Crippen LogP contribution in [0.25, 0.3) is 43.1 Å². The molecule has 2 atom stereocenters. The molecule has 6 nitrogen and oxygen atoms in total. The Labute approximate surface area is 364 Å². The van der Waals surface area contributed by atoms with Crippen LogP contribution in [0.1, 0.15) is 59.3 Å². The highest BCUT2D eigenvalue weighted by Crippen LogP contribution is 2.38. The van der Waals surface area contributed by atoms with Crippen LogP contribution in [0.15, 0.2) is 182 Å². The van der Waals surface area contributed by atoms with Gasteiger partial charge in [-0.25, -0.2) is 0 Å². The van der Waals surface area contributed by atoms with Gasteiger partial charge in [0.1, 0.15) is 0 Å². The van der Waals surface area contributed by atoms with Crippen molar-refractivity contribution in [1.82, 2.24) is 9.80 Å². The maximum Gasteiger partial charge on any atom is 0.488 e. The minimum absolute atomic E-state index is 0.0269. The zero-order valence-electron chi connectivity index (χ0n) is 35.1. The number of benzene rings is 9. The fourth-order valence-electron chi connectivity index (χ4n) is 9.37. The SMILES string of the molecule is C[C@@H](c1ccc2ccccc2c1)N(Cc1ccccc1B(O)O)Cc1c2ccccc2c(CN(Cc2ccccc2B(O)O)[C@@H](C)c2ccc3ccccc3c2)c2ccccc12. The van der Waals surface area contributed by atoms with Crippen LogP contribution in [0.5, 0.6) is 0 Å². The van der Waals surface area contributed by atoms with Gasteiger partial charge in [0, 0.05) is 38.3 Å². The van der Waals surface area contributed by atoms with Gasteiger partial charge in [0.15, 0.2) is 0 Å². The third-order valence-corrected chi connectivity index (χ3v) is 12.9. The molecule has 9 rings (SSSR count). The molecule has 306 valence electrons. The minimum atomic E-state index is -1.59. The van der Waals surface area contributed by atoms with Crippen molar-refractivity contribution < 1.29 is 20.1 Å². The van der Waals surface area contributed by atoms with E-state index in [4.69, 9.17) is 0 Å². The summed E-state index contributed by atoms with van der Waals surface area (Å²) in [6.45, 7) is 6.69. The molecule has 9 aromatic carbocycles. The van der Waals surface area contributed by atoms with Gasteiger partial charge >= 0.3 is 14.2 Å². The van der Waals surface area contributed by atoms with Crippen LogP contribution in [0.4, 0.5) is 0 Å². The monoisotopic (exact) mass is 812 g/mol. The van der Waals surface area contributed by atoms with Crippen LogP contribution in [0.3, 0.4) is 0 Å². The van der Waals surface area contributed by atoms with E-state index in [9.17, 15) is 20.1 Å². The van der Waals surface area contributed by atoms with Crippen molar-refractivity contribution in [2.75, 3.05) is 0 Å². The molecule has 0 saturated carbocycles. The summed E-state index contributed by atoms with van der Waals surface area (Å²) in [4.78, 5) is 4.90. The molecular formula is C54H50B2N2O4. The van der Waals surface area contributed by atoms with Gasteiger partial charge in [-0.2, -0.15) is 0 Å². The summed E-state index contributed by atoms with van der Waals surface area (Å²) in [5.74, 6) is 0. The molecule has 0 amide bonds. The fourth-order valence-corrected chi connectivity index (χ4v) is 9.37. The van der Waals surface area contributed by atoms with Crippen LogP contribution in [-0.4, -0.2) is 44.1 Å². The Hall–Kier alpha value is -6.09. The Morgan fingerprint density at radius 1 is 0.371 bits per heavy atom. The first-order valence-corrected chi connectivity index (χ1v) is 21.5. The Morgan fingerprint density at radius 3 is 1.06 bits per heavy atom. The molecule has 0 spiro atoms. The predicted molar refractivity (Wildman–Crippen MR) is 257 cm³/mol. The number of hydrogen-bond donors (Lipinski definition) is 4. The lowest BCUT2D eigenvalue weighted by Crippen LogP contribution is -2.36. The van der Waals surface area contributed by atoms with E-state index in [2.05, 4.69) is 157 Å².